The lowest BCUT2D eigenvalue weighted by Crippen LogP contribution is -1.96. The lowest BCUT2D eigenvalue weighted by Gasteiger charge is -2.08. The second kappa shape index (κ2) is 4.94. The Kier molecular flexibility index (Phi) is 3.35. The maximum atomic E-state index is 8.83. The first-order chi connectivity index (χ1) is 8.60. The Bertz CT molecular complexity index is 635. The van der Waals surface area contributed by atoms with Crippen LogP contribution in [-0.4, -0.2) is 4.98 Å². The molecule has 1 aromatic heterocycles. The van der Waals surface area contributed by atoms with Gasteiger partial charge in [-0.05, 0) is 36.8 Å². The molecule has 0 unspecified atom stereocenters. The Labute approximate surface area is 110 Å². The van der Waals surface area contributed by atoms with Crippen molar-refractivity contribution in [1.29, 1.82) is 5.26 Å². The largest absolute Gasteiger partial charge is 0.439 e. The summed E-state index contributed by atoms with van der Waals surface area (Å²) in [5.74, 6) is 0.965. The van der Waals surface area contributed by atoms with Crippen molar-refractivity contribution in [3.63, 3.8) is 0 Å². The molecule has 0 aliphatic rings. The zero-order chi connectivity index (χ0) is 13.1. The minimum absolute atomic E-state index is 0.152. The van der Waals surface area contributed by atoms with Gasteiger partial charge >= 0.3 is 0 Å². The van der Waals surface area contributed by atoms with Gasteiger partial charge in [-0.25, -0.2) is 4.98 Å². The molecule has 0 aliphatic carbocycles. The zero-order valence-electron chi connectivity index (χ0n) is 9.64. The quantitative estimate of drug-likeness (QED) is 0.898. The van der Waals surface area contributed by atoms with Gasteiger partial charge in [-0.3, -0.25) is 0 Å². The Morgan fingerprint density at radius 1 is 1.33 bits per heavy atom. The lowest BCUT2D eigenvalue weighted by atomic mass is 10.2. The molecule has 0 bridgehead atoms. The molecule has 2 N–H and O–H groups in total. The van der Waals surface area contributed by atoms with Crippen molar-refractivity contribution in [3.05, 3.63) is 46.6 Å². The molecule has 0 radical (unpaired) electrons. The van der Waals surface area contributed by atoms with Crippen molar-refractivity contribution in [3.8, 4) is 17.7 Å². The van der Waals surface area contributed by atoms with E-state index in [4.69, 9.17) is 27.3 Å². The van der Waals surface area contributed by atoms with Gasteiger partial charge in [0.15, 0.2) is 5.69 Å². The molecule has 1 heterocycles. The number of benzene rings is 1. The van der Waals surface area contributed by atoms with E-state index in [9.17, 15) is 0 Å². The van der Waals surface area contributed by atoms with Crippen LogP contribution in [0.2, 0.25) is 5.02 Å². The fraction of sp³-hybridized carbons (Fsp3) is 0.0769. The minimum Gasteiger partial charge on any atom is -0.439 e. The third-order valence-electron chi connectivity index (χ3n) is 2.36. The molecular formula is C13H10ClN3O. The van der Waals surface area contributed by atoms with Gasteiger partial charge in [-0.15, -0.1) is 0 Å². The smallest absolute Gasteiger partial charge is 0.220 e. The number of anilines is 1. The summed E-state index contributed by atoms with van der Waals surface area (Å²) >= 11 is 5.86. The van der Waals surface area contributed by atoms with Crippen LogP contribution in [0.15, 0.2) is 30.3 Å². The molecule has 0 saturated carbocycles. The average Bonchev–Trinajstić information content (AvgIpc) is 2.35. The maximum Gasteiger partial charge on any atom is 0.220 e. The van der Waals surface area contributed by atoms with Crippen LogP contribution in [0.1, 0.15) is 11.3 Å². The number of nitrogen functional groups attached to an aromatic ring is 1. The number of nitrogens with two attached hydrogens (primary N) is 1. The highest BCUT2D eigenvalue weighted by Gasteiger charge is 2.06. The number of hydrogen-bond donors (Lipinski definition) is 1. The normalized spacial score (nSPS) is 9.83. The number of rotatable bonds is 2. The Hall–Kier alpha value is -2.25. The third-order valence-corrected chi connectivity index (χ3v) is 2.59. The molecule has 0 fully saturated rings. The van der Waals surface area contributed by atoms with Gasteiger partial charge in [0.05, 0.1) is 5.69 Å². The average molecular weight is 260 g/mol. The van der Waals surface area contributed by atoms with Crippen molar-refractivity contribution < 1.29 is 4.74 Å². The van der Waals surface area contributed by atoms with Gasteiger partial charge in [0.1, 0.15) is 11.8 Å². The number of aryl methyl sites for hydroxylation is 1. The number of ether oxygens (including phenoxy) is 1. The molecule has 2 rings (SSSR count). The van der Waals surface area contributed by atoms with E-state index in [1.54, 1.807) is 30.3 Å². The van der Waals surface area contributed by atoms with Crippen molar-refractivity contribution in [2.24, 2.45) is 0 Å². The van der Waals surface area contributed by atoms with Crippen molar-refractivity contribution >= 4 is 17.3 Å². The second-order valence-corrected chi connectivity index (χ2v) is 4.15. The van der Waals surface area contributed by atoms with Crippen LogP contribution < -0.4 is 10.5 Å². The summed E-state index contributed by atoms with van der Waals surface area (Å²) in [6.07, 6.45) is 0. The van der Waals surface area contributed by atoms with Crippen LogP contribution in [0.5, 0.6) is 11.6 Å². The van der Waals surface area contributed by atoms with Crippen LogP contribution in [0.25, 0.3) is 0 Å². The summed E-state index contributed by atoms with van der Waals surface area (Å²) in [7, 11) is 0. The molecule has 0 amide bonds. The predicted molar refractivity (Wildman–Crippen MR) is 69.6 cm³/mol. The number of nitriles is 1. The highest BCUT2D eigenvalue weighted by molar-refractivity contribution is 6.30. The molecule has 0 saturated heterocycles. The SMILES string of the molecule is Cc1cc(Cl)ccc1Oc1ccc(N)c(C#N)n1. The highest BCUT2D eigenvalue weighted by Crippen LogP contribution is 2.27. The van der Waals surface area contributed by atoms with Crippen molar-refractivity contribution in [1.82, 2.24) is 4.98 Å². The van der Waals surface area contributed by atoms with Gasteiger partial charge in [0.2, 0.25) is 5.88 Å². The first-order valence-corrected chi connectivity index (χ1v) is 5.58. The molecule has 2 aromatic rings. The molecule has 0 aliphatic heterocycles. The molecule has 0 atom stereocenters. The molecule has 90 valence electrons. The Morgan fingerprint density at radius 3 is 2.78 bits per heavy atom. The summed E-state index contributed by atoms with van der Waals surface area (Å²) in [6, 6.07) is 10.4. The van der Waals surface area contributed by atoms with Crippen molar-refractivity contribution in [2.75, 3.05) is 5.73 Å². The number of halogens is 1. The first kappa shape index (κ1) is 12.2. The monoisotopic (exact) mass is 259 g/mol. The molecule has 1 aromatic carbocycles. The zero-order valence-corrected chi connectivity index (χ0v) is 10.4. The van der Waals surface area contributed by atoms with Crippen LogP contribution in [0.3, 0.4) is 0 Å². The van der Waals surface area contributed by atoms with Gasteiger partial charge < -0.3 is 10.5 Å². The second-order valence-electron chi connectivity index (χ2n) is 3.71. The molecular weight excluding hydrogens is 250 g/mol. The van der Waals surface area contributed by atoms with Gasteiger partial charge in [0, 0.05) is 11.1 Å². The summed E-state index contributed by atoms with van der Waals surface area (Å²) in [5, 5.41) is 9.48. The van der Waals surface area contributed by atoms with E-state index in [0.29, 0.717) is 22.3 Å². The first-order valence-electron chi connectivity index (χ1n) is 5.21. The topological polar surface area (TPSA) is 71.9 Å². The van der Waals surface area contributed by atoms with Crippen LogP contribution in [-0.2, 0) is 0 Å². The fourth-order valence-corrected chi connectivity index (χ4v) is 1.67. The summed E-state index contributed by atoms with van der Waals surface area (Å²) < 4.78 is 5.59. The molecule has 5 heteroatoms. The van der Waals surface area contributed by atoms with E-state index in [2.05, 4.69) is 4.98 Å². The van der Waals surface area contributed by atoms with Gasteiger partial charge in [0.25, 0.3) is 0 Å². The van der Waals surface area contributed by atoms with E-state index in [1.807, 2.05) is 13.0 Å². The Balaban J connectivity index is 2.32. The van der Waals surface area contributed by atoms with Crippen LogP contribution in [0, 0.1) is 18.3 Å². The number of nitrogens with zero attached hydrogens (tertiary/aromatic N) is 2. The van der Waals surface area contributed by atoms with E-state index < -0.39 is 0 Å². The predicted octanol–water partition coefficient (Wildman–Crippen LogP) is 3.29. The summed E-state index contributed by atoms with van der Waals surface area (Å²) in [5.41, 5.74) is 6.96. The molecule has 4 nitrogen and oxygen atoms in total. The van der Waals surface area contributed by atoms with Gasteiger partial charge in [-0.1, -0.05) is 11.6 Å². The number of aromatic nitrogens is 1. The Morgan fingerprint density at radius 2 is 2.11 bits per heavy atom. The van der Waals surface area contributed by atoms with E-state index >= 15 is 0 Å². The lowest BCUT2D eigenvalue weighted by molar-refractivity contribution is 0.459. The van der Waals surface area contributed by atoms with Crippen LogP contribution >= 0.6 is 11.6 Å². The number of hydrogen-bond acceptors (Lipinski definition) is 4. The fourth-order valence-electron chi connectivity index (χ4n) is 1.44. The maximum absolute atomic E-state index is 8.83. The van der Waals surface area contributed by atoms with Gasteiger partial charge in [-0.2, -0.15) is 5.26 Å². The molecule has 18 heavy (non-hydrogen) atoms. The van der Waals surface area contributed by atoms with E-state index in [0.717, 1.165) is 5.56 Å². The minimum atomic E-state index is 0.152. The number of pyridine rings is 1. The van der Waals surface area contributed by atoms with Crippen LogP contribution in [0.4, 0.5) is 5.69 Å². The van der Waals surface area contributed by atoms with E-state index in [-0.39, 0.29) is 5.69 Å². The summed E-state index contributed by atoms with van der Waals surface area (Å²) in [4.78, 5) is 4.01. The third kappa shape index (κ3) is 2.53. The highest BCUT2D eigenvalue weighted by atomic mass is 35.5. The summed E-state index contributed by atoms with van der Waals surface area (Å²) in [6.45, 7) is 1.88. The van der Waals surface area contributed by atoms with Crippen molar-refractivity contribution in [2.45, 2.75) is 6.92 Å². The standard InChI is InChI=1S/C13H10ClN3O/c1-8-6-9(14)2-4-12(8)18-13-5-3-10(16)11(7-15)17-13/h2-6H,16H2,1H3. The van der Waals surface area contributed by atoms with E-state index in [1.165, 1.54) is 0 Å². The molecule has 0 spiro atoms.